The lowest BCUT2D eigenvalue weighted by Gasteiger charge is -2.19. The molecule has 2 aliphatic rings. The van der Waals surface area contributed by atoms with Crippen LogP contribution in [0.25, 0.3) is 63.6 Å². The van der Waals surface area contributed by atoms with E-state index in [2.05, 4.69) is 196 Å². The molecule has 2 heterocycles. The summed E-state index contributed by atoms with van der Waals surface area (Å²) in [4.78, 5) is 0. The van der Waals surface area contributed by atoms with Gasteiger partial charge in [-0.1, -0.05) is 165 Å². The SMILES string of the molecule is C=C/C=C(/C=C\C(=C\C=C)c1c2ccccc2c(/C2=C/C=C\C/C=C\C=C/C2)c2ccccc12)C(\C)=C\C=C1/Cc2cc3cc4c(cc3cc2O1)sc1ccccc14. The lowest BCUT2D eigenvalue weighted by molar-refractivity contribution is 0.447. The number of hydrogen-bond acceptors (Lipinski definition) is 2. The molecule has 0 radical (unpaired) electrons. The van der Waals surface area contributed by atoms with E-state index in [4.69, 9.17) is 4.74 Å². The molecule has 0 spiro atoms. The second kappa shape index (κ2) is 16.4. The largest absolute Gasteiger partial charge is 0.461 e. The third kappa shape index (κ3) is 7.20. The Kier molecular flexibility index (Phi) is 10.4. The maximum Gasteiger partial charge on any atom is 0.131 e. The average Bonchev–Trinajstić information content (AvgIpc) is 3.83. The van der Waals surface area contributed by atoms with Gasteiger partial charge in [-0.25, -0.2) is 0 Å². The summed E-state index contributed by atoms with van der Waals surface area (Å²) in [5.74, 6) is 1.88. The molecule has 58 heavy (non-hydrogen) atoms. The van der Waals surface area contributed by atoms with Crippen LogP contribution in [0.2, 0.25) is 0 Å². The quantitative estimate of drug-likeness (QED) is 0.111. The molecule has 2 heteroatoms. The van der Waals surface area contributed by atoms with E-state index in [0.717, 1.165) is 47.5 Å². The summed E-state index contributed by atoms with van der Waals surface area (Å²) >= 11 is 1.85. The molecular weight excluding hydrogens is 721 g/mol. The fourth-order valence-electron chi connectivity index (χ4n) is 8.34. The minimum Gasteiger partial charge on any atom is -0.461 e. The smallest absolute Gasteiger partial charge is 0.131 e. The highest BCUT2D eigenvalue weighted by Gasteiger charge is 2.20. The van der Waals surface area contributed by atoms with Crippen molar-refractivity contribution in [3.8, 4) is 5.75 Å². The Morgan fingerprint density at radius 2 is 1.34 bits per heavy atom. The van der Waals surface area contributed by atoms with Gasteiger partial charge in [0, 0.05) is 32.2 Å². The van der Waals surface area contributed by atoms with Gasteiger partial charge in [0.25, 0.3) is 0 Å². The van der Waals surface area contributed by atoms with Crippen LogP contribution in [-0.4, -0.2) is 0 Å². The zero-order valence-corrected chi connectivity index (χ0v) is 33.6. The molecule has 0 saturated carbocycles. The number of ether oxygens (including phenoxy) is 1. The fraction of sp³-hybridized carbons (Fsp3) is 0.0714. The Balaban J connectivity index is 1.04. The van der Waals surface area contributed by atoms with Crippen molar-refractivity contribution >= 4 is 75.0 Å². The molecule has 0 bridgehead atoms. The molecule has 1 aromatic heterocycles. The maximum atomic E-state index is 6.45. The molecule has 1 nitrogen and oxygen atoms in total. The standard InChI is InChI=1S/C56H44OS/c1-4-19-39(38(3)29-32-45-34-44-33-42-35-51-46-23-17-18-28-53(46)58-54(51)37-43(42)36-52(44)57-45)30-31-40(20-5-2)55-47-24-13-15-26-49(47)56(50-27-16-14-25-48(50)55)41-21-11-9-7-6-8-10-12-22-41/h4-7,9-20,22-33,35-37H,1-2,8,21,34H2,3H3/b7-6-,11-9-,12-10-,31-30-,38-29+,39-19-,40-20-,41-22+,45-32+. The van der Waals surface area contributed by atoms with E-state index in [-0.39, 0.29) is 0 Å². The third-order valence-electron chi connectivity index (χ3n) is 11.1. The van der Waals surface area contributed by atoms with Gasteiger partial charge in [-0.3, -0.25) is 0 Å². The Bertz CT molecular complexity index is 3030. The van der Waals surface area contributed by atoms with Crippen molar-refractivity contribution in [1.29, 1.82) is 0 Å². The second-order valence-corrected chi connectivity index (χ2v) is 15.9. The molecule has 0 saturated heterocycles. The van der Waals surface area contributed by atoms with Crippen molar-refractivity contribution in [1.82, 2.24) is 0 Å². The van der Waals surface area contributed by atoms with Gasteiger partial charge >= 0.3 is 0 Å². The maximum absolute atomic E-state index is 6.45. The first-order chi connectivity index (χ1) is 28.6. The van der Waals surface area contributed by atoms with Gasteiger partial charge in [0.1, 0.15) is 11.5 Å². The number of benzene rings is 6. The van der Waals surface area contributed by atoms with Crippen molar-refractivity contribution in [2.75, 3.05) is 0 Å². The minimum atomic E-state index is 0.761. The van der Waals surface area contributed by atoms with Crippen LogP contribution in [0.1, 0.15) is 36.5 Å². The van der Waals surface area contributed by atoms with Crippen LogP contribution >= 0.6 is 11.3 Å². The van der Waals surface area contributed by atoms with Crippen LogP contribution in [0.4, 0.5) is 0 Å². The summed E-state index contributed by atoms with van der Waals surface area (Å²) in [6, 6.07) is 35.5. The lowest BCUT2D eigenvalue weighted by Crippen LogP contribution is -1.96. The molecule has 280 valence electrons. The molecule has 6 aromatic carbocycles. The second-order valence-electron chi connectivity index (χ2n) is 14.8. The number of fused-ring (bicyclic) bond motifs is 7. The summed E-state index contributed by atoms with van der Waals surface area (Å²) in [7, 11) is 0. The van der Waals surface area contributed by atoms with Gasteiger partial charge in [-0.15, -0.1) is 11.3 Å². The molecule has 7 aromatic rings. The summed E-state index contributed by atoms with van der Waals surface area (Å²) in [6.07, 6.45) is 34.6. The van der Waals surface area contributed by atoms with Crippen molar-refractivity contribution in [2.45, 2.75) is 26.2 Å². The first kappa shape index (κ1) is 36.9. The van der Waals surface area contributed by atoms with Gasteiger partial charge in [0.05, 0.1) is 0 Å². The lowest BCUT2D eigenvalue weighted by atomic mass is 9.84. The highest BCUT2D eigenvalue weighted by atomic mass is 32.1. The Labute approximate surface area is 345 Å². The van der Waals surface area contributed by atoms with Gasteiger partial charge in [-0.05, 0) is 122 Å². The predicted molar refractivity (Wildman–Crippen MR) is 255 cm³/mol. The monoisotopic (exact) mass is 764 g/mol. The van der Waals surface area contributed by atoms with Gasteiger partial charge in [0.2, 0.25) is 0 Å². The van der Waals surface area contributed by atoms with Crippen molar-refractivity contribution in [3.63, 3.8) is 0 Å². The zero-order valence-electron chi connectivity index (χ0n) is 32.7. The van der Waals surface area contributed by atoms with Crippen molar-refractivity contribution in [2.24, 2.45) is 0 Å². The summed E-state index contributed by atoms with van der Waals surface area (Å²) < 4.78 is 9.08. The summed E-state index contributed by atoms with van der Waals surface area (Å²) in [5, 5.41) is 10.0. The highest BCUT2D eigenvalue weighted by molar-refractivity contribution is 7.25. The number of hydrogen-bond donors (Lipinski definition) is 0. The van der Waals surface area contributed by atoms with E-state index in [1.54, 1.807) is 0 Å². The molecule has 0 amide bonds. The Morgan fingerprint density at radius 1 is 0.655 bits per heavy atom. The number of thiophene rings is 1. The molecule has 0 atom stereocenters. The van der Waals surface area contributed by atoms with E-state index in [0.29, 0.717) is 0 Å². The topological polar surface area (TPSA) is 9.23 Å². The van der Waals surface area contributed by atoms with Crippen LogP contribution < -0.4 is 4.74 Å². The van der Waals surface area contributed by atoms with Crippen LogP contribution in [-0.2, 0) is 6.42 Å². The van der Waals surface area contributed by atoms with Gasteiger partial charge in [0.15, 0.2) is 0 Å². The fourth-order valence-corrected chi connectivity index (χ4v) is 9.47. The van der Waals surface area contributed by atoms with E-state index in [1.807, 2.05) is 23.5 Å². The van der Waals surface area contributed by atoms with E-state index in [9.17, 15) is 0 Å². The minimum absolute atomic E-state index is 0.761. The third-order valence-corrected chi connectivity index (χ3v) is 12.2. The van der Waals surface area contributed by atoms with Crippen LogP contribution in [0.5, 0.6) is 5.75 Å². The van der Waals surface area contributed by atoms with E-state index < -0.39 is 0 Å². The van der Waals surface area contributed by atoms with Gasteiger partial charge in [-0.2, -0.15) is 0 Å². The van der Waals surface area contributed by atoms with Crippen LogP contribution in [0, 0.1) is 0 Å². The molecule has 9 rings (SSSR count). The predicted octanol–water partition coefficient (Wildman–Crippen LogP) is 16.1. The normalized spacial score (nSPS) is 18.5. The van der Waals surface area contributed by atoms with Gasteiger partial charge < -0.3 is 4.74 Å². The first-order valence-corrected chi connectivity index (χ1v) is 20.8. The average molecular weight is 765 g/mol. The first-order valence-electron chi connectivity index (χ1n) is 20.0. The number of allylic oxidation sites excluding steroid dienone is 20. The Hall–Kier alpha value is -6.74. The molecular formula is C56H44OS. The van der Waals surface area contributed by atoms with Crippen molar-refractivity contribution in [3.05, 3.63) is 235 Å². The summed E-state index contributed by atoms with van der Waals surface area (Å²) in [5.41, 5.74) is 8.27. The molecule has 1 aliphatic carbocycles. The molecule has 1 aliphatic heterocycles. The van der Waals surface area contributed by atoms with E-state index >= 15 is 0 Å². The van der Waals surface area contributed by atoms with E-state index in [1.165, 1.54) is 74.8 Å². The zero-order chi connectivity index (χ0) is 39.4. The Morgan fingerprint density at radius 3 is 2.12 bits per heavy atom. The van der Waals surface area contributed by atoms with Crippen LogP contribution in [0.15, 0.2) is 218 Å². The molecule has 0 fully saturated rings. The summed E-state index contributed by atoms with van der Waals surface area (Å²) in [6.45, 7) is 10.3. The highest BCUT2D eigenvalue weighted by Crippen LogP contribution is 2.43. The van der Waals surface area contributed by atoms with Crippen molar-refractivity contribution < 1.29 is 4.74 Å². The number of rotatable bonds is 8. The van der Waals surface area contributed by atoms with Crippen LogP contribution in [0.3, 0.4) is 0 Å². The molecule has 0 unspecified atom stereocenters. The molecule has 0 N–H and O–H groups in total.